The van der Waals surface area contributed by atoms with E-state index in [0.29, 0.717) is 17.9 Å². The van der Waals surface area contributed by atoms with Gasteiger partial charge in [-0.25, -0.2) is 8.42 Å². The molecule has 0 aliphatic rings. The number of aliphatic hydroxyl groups is 1. The van der Waals surface area contributed by atoms with Gasteiger partial charge in [0.1, 0.15) is 5.76 Å². The largest absolute Gasteiger partial charge is 0.468 e. The van der Waals surface area contributed by atoms with Gasteiger partial charge in [-0.05, 0) is 23.8 Å². The van der Waals surface area contributed by atoms with E-state index in [-0.39, 0.29) is 18.0 Å². The van der Waals surface area contributed by atoms with Gasteiger partial charge in [-0.3, -0.25) is 0 Å². The zero-order valence-electron chi connectivity index (χ0n) is 11.2. The fraction of sp³-hybridized carbons (Fsp3) is 0.286. The Labute approximate surface area is 118 Å². The van der Waals surface area contributed by atoms with Gasteiger partial charge >= 0.3 is 0 Å². The van der Waals surface area contributed by atoms with Crippen molar-refractivity contribution in [3.63, 3.8) is 0 Å². The average Bonchev–Trinajstić information content (AvgIpc) is 2.97. The molecule has 1 aromatic heterocycles. The number of benzene rings is 1. The van der Waals surface area contributed by atoms with Crippen LogP contribution in [-0.2, 0) is 23.2 Å². The van der Waals surface area contributed by atoms with Crippen LogP contribution in [0.25, 0.3) is 0 Å². The maximum Gasteiger partial charge on any atom is 0.243 e. The van der Waals surface area contributed by atoms with Crippen LogP contribution >= 0.6 is 0 Å². The van der Waals surface area contributed by atoms with Crippen LogP contribution in [0.2, 0.25) is 0 Å². The van der Waals surface area contributed by atoms with E-state index in [1.165, 1.54) is 16.6 Å². The third-order valence-corrected chi connectivity index (χ3v) is 5.05. The van der Waals surface area contributed by atoms with Crippen LogP contribution < -0.4 is 0 Å². The molecule has 1 heterocycles. The SMILES string of the molecule is CCN(Cc1ccco1)S(=O)(=O)c1ccccc1CO. The Balaban J connectivity index is 2.36. The van der Waals surface area contributed by atoms with Crippen LogP contribution in [0, 0.1) is 0 Å². The van der Waals surface area contributed by atoms with E-state index in [4.69, 9.17) is 4.42 Å². The molecule has 0 aliphatic heterocycles. The summed E-state index contributed by atoms with van der Waals surface area (Å²) < 4.78 is 31.8. The molecular formula is C14H17NO4S. The van der Waals surface area contributed by atoms with Gasteiger partial charge in [-0.15, -0.1) is 0 Å². The van der Waals surface area contributed by atoms with Gasteiger partial charge in [0.25, 0.3) is 0 Å². The normalized spacial score (nSPS) is 11.9. The Hall–Kier alpha value is -1.63. The fourth-order valence-electron chi connectivity index (χ4n) is 1.97. The molecule has 2 rings (SSSR count). The molecule has 108 valence electrons. The minimum Gasteiger partial charge on any atom is -0.468 e. The summed E-state index contributed by atoms with van der Waals surface area (Å²) >= 11 is 0. The quantitative estimate of drug-likeness (QED) is 0.884. The van der Waals surface area contributed by atoms with Gasteiger partial charge in [0.15, 0.2) is 0 Å². The van der Waals surface area contributed by atoms with Crippen molar-refractivity contribution < 1.29 is 17.9 Å². The number of hydrogen-bond acceptors (Lipinski definition) is 4. The van der Waals surface area contributed by atoms with Crippen molar-refractivity contribution in [2.45, 2.75) is 25.0 Å². The Bertz CT molecular complexity index is 650. The van der Waals surface area contributed by atoms with Gasteiger partial charge < -0.3 is 9.52 Å². The minimum absolute atomic E-state index is 0.135. The highest BCUT2D eigenvalue weighted by Gasteiger charge is 2.26. The molecule has 2 aromatic rings. The topological polar surface area (TPSA) is 70.8 Å². The lowest BCUT2D eigenvalue weighted by molar-refractivity contribution is 0.278. The second-order valence-electron chi connectivity index (χ2n) is 4.28. The first-order chi connectivity index (χ1) is 9.59. The first-order valence-electron chi connectivity index (χ1n) is 6.31. The molecule has 20 heavy (non-hydrogen) atoms. The summed E-state index contributed by atoms with van der Waals surface area (Å²) in [5, 5.41) is 9.29. The highest BCUT2D eigenvalue weighted by molar-refractivity contribution is 7.89. The summed E-state index contributed by atoms with van der Waals surface area (Å²) in [5.41, 5.74) is 0.394. The van der Waals surface area contributed by atoms with E-state index in [2.05, 4.69) is 0 Å². The second kappa shape index (κ2) is 6.21. The number of hydrogen-bond donors (Lipinski definition) is 1. The maximum absolute atomic E-state index is 12.6. The predicted octanol–water partition coefficient (Wildman–Crippen LogP) is 1.98. The first-order valence-corrected chi connectivity index (χ1v) is 7.75. The van der Waals surface area contributed by atoms with E-state index in [9.17, 15) is 13.5 Å². The maximum atomic E-state index is 12.6. The van der Waals surface area contributed by atoms with Crippen molar-refractivity contribution >= 4 is 10.0 Å². The summed E-state index contributed by atoms with van der Waals surface area (Å²) in [4.78, 5) is 0.135. The lowest BCUT2D eigenvalue weighted by Gasteiger charge is -2.20. The Morgan fingerprint density at radius 1 is 1.20 bits per heavy atom. The van der Waals surface area contributed by atoms with Gasteiger partial charge in [-0.1, -0.05) is 25.1 Å². The lowest BCUT2D eigenvalue weighted by atomic mass is 10.2. The monoisotopic (exact) mass is 295 g/mol. The van der Waals surface area contributed by atoms with Crippen molar-refractivity contribution in [3.8, 4) is 0 Å². The number of nitrogens with zero attached hydrogens (tertiary/aromatic N) is 1. The number of rotatable bonds is 6. The third kappa shape index (κ3) is 2.92. The number of aliphatic hydroxyl groups excluding tert-OH is 1. The Kier molecular flexibility index (Phi) is 4.59. The molecular weight excluding hydrogens is 278 g/mol. The standard InChI is InChI=1S/C14H17NO4S/c1-2-15(10-13-7-5-9-19-13)20(17,18)14-8-4-3-6-12(14)11-16/h3-9,16H,2,10-11H2,1H3. The molecule has 0 unspecified atom stereocenters. The Morgan fingerprint density at radius 2 is 1.95 bits per heavy atom. The summed E-state index contributed by atoms with van der Waals surface area (Å²) in [7, 11) is -3.66. The van der Waals surface area contributed by atoms with Gasteiger partial charge in [0.2, 0.25) is 10.0 Å². The van der Waals surface area contributed by atoms with Gasteiger partial charge in [0.05, 0.1) is 24.3 Å². The van der Waals surface area contributed by atoms with Crippen molar-refractivity contribution in [2.75, 3.05) is 6.54 Å². The molecule has 1 N–H and O–H groups in total. The average molecular weight is 295 g/mol. The molecule has 0 aliphatic carbocycles. The predicted molar refractivity (Wildman–Crippen MR) is 74.3 cm³/mol. The molecule has 0 atom stereocenters. The summed E-state index contributed by atoms with van der Waals surface area (Å²) in [6.07, 6.45) is 1.51. The van der Waals surface area contributed by atoms with E-state index in [1.807, 2.05) is 0 Å². The molecule has 0 fully saturated rings. The molecule has 0 spiro atoms. The van der Waals surface area contributed by atoms with Crippen molar-refractivity contribution in [1.29, 1.82) is 0 Å². The highest BCUT2D eigenvalue weighted by atomic mass is 32.2. The fourth-order valence-corrected chi connectivity index (χ4v) is 3.60. The van der Waals surface area contributed by atoms with Crippen LogP contribution in [0.15, 0.2) is 52.0 Å². The molecule has 5 nitrogen and oxygen atoms in total. The van der Waals surface area contributed by atoms with Crippen molar-refractivity contribution in [3.05, 3.63) is 54.0 Å². The van der Waals surface area contributed by atoms with Gasteiger partial charge in [0, 0.05) is 6.54 Å². The highest BCUT2D eigenvalue weighted by Crippen LogP contribution is 2.22. The van der Waals surface area contributed by atoms with Crippen LogP contribution in [-0.4, -0.2) is 24.4 Å². The lowest BCUT2D eigenvalue weighted by Crippen LogP contribution is -2.31. The van der Waals surface area contributed by atoms with E-state index < -0.39 is 10.0 Å². The Morgan fingerprint density at radius 3 is 2.55 bits per heavy atom. The summed E-state index contributed by atoms with van der Waals surface area (Å²) in [5.74, 6) is 0.580. The number of sulfonamides is 1. The zero-order chi connectivity index (χ0) is 14.6. The smallest absolute Gasteiger partial charge is 0.243 e. The minimum atomic E-state index is -3.66. The van der Waals surface area contributed by atoms with E-state index in [0.717, 1.165) is 0 Å². The molecule has 0 bridgehead atoms. The first kappa shape index (κ1) is 14.8. The van der Waals surface area contributed by atoms with E-state index in [1.54, 1.807) is 37.3 Å². The van der Waals surface area contributed by atoms with Crippen LogP contribution in [0.5, 0.6) is 0 Å². The third-order valence-electron chi connectivity index (χ3n) is 3.03. The molecule has 0 saturated carbocycles. The van der Waals surface area contributed by atoms with Gasteiger partial charge in [-0.2, -0.15) is 4.31 Å². The van der Waals surface area contributed by atoms with Crippen molar-refractivity contribution in [1.82, 2.24) is 4.31 Å². The van der Waals surface area contributed by atoms with Crippen LogP contribution in [0.1, 0.15) is 18.2 Å². The zero-order valence-corrected chi connectivity index (χ0v) is 12.0. The second-order valence-corrected chi connectivity index (χ2v) is 6.18. The van der Waals surface area contributed by atoms with Crippen molar-refractivity contribution in [2.24, 2.45) is 0 Å². The van der Waals surface area contributed by atoms with E-state index >= 15 is 0 Å². The molecule has 1 aromatic carbocycles. The molecule has 0 radical (unpaired) electrons. The number of furan rings is 1. The van der Waals surface area contributed by atoms with Crippen LogP contribution in [0.4, 0.5) is 0 Å². The summed E-state index contributed by atoms with van der Waals surface area (Å²) in [6.45, 7) is 1.95. The summed E-state index contributed by atoms with van der Waals surface area (Å²) in [6, 6.07) is 9.91. The molecule has 0 saturated heterocycles. The van der Waals surface area contributed by atoms with Crippen LogP contribution in [0.3, 0.4) is 0 Å². The molecule has 6 heteroatoms. The molecule has 0 amide bonds.